The maximum Gasteiger partial charge on any atom is 0.263 e. The van der Waals surface area contributed by atoms with Crippen LogP contribution in [0.4, 0.5) is 8.78 Å². The fourth-order valence-corrected chi connectivity index (χ4v) is 2.11. The van der Waals surface area contributed by atoms with Gasteiger partial charge in [0.2, 0.25) is 0 Å². The number of hydrogen-bond acceptors (Lipinski definition) is 1. The first-order valence-electron chi connectivity index (χ1n) is 5.03. The van der Waals surface area contributed by atoms with Crippen molar-refractivity contribution in [1.82, 2.24) is 4.90 Å². The number of hydrogen-bond donors (Lipinski definition) is 0. The SMILES string of the molecule is CC[C@@H](C)C1CCN(C)CC1(F)F. The third-order valence-corrected chi connectivity index (χ3v) is 3.18. The first kappa shape index (κ1) is 10.9. The lowest BCUT2D eigenvalue weighted by molar-refractivity contribution is -0.122. The zero-order valence-electron chi connectivity index (χ0n) is 8.69. The zero-order chi connectivity index (χ0) is 10.1. The number of nitrogens with zero attached hydrogens (tertiary/aromatic N) is 1. The van der Waals surface area contributed by atoms with Gasteiger partial charge in [-0.25, -0.2) is 8.78 Å². The molecule has 1 aliphatic heterocycles. The molecule has 1 nitrogen and oxygen atoms in total. The number of piperidine rings is 1. The van der Waals surface area contributed by atoms with Crippen LogP contribution >= 0.6 is 0 Å². The number of likely N-dealkylation sites (tertiary alicyclic amines) is 1. The van der Waals surface area contributed by atoms with Gasteiger partial charge in [-0.2, -0.15) is 0 Å². The summed E-state index contributed by atoms with van der Waals surface area (Å²) >= 11 is 0. The number of alkyl halides is 2. The van der Waals surface area contributed by atoms with Crippen LogP contribution in [-0.2, 0) is 0 Å². The van der Waals surface area contributed by atoms with Crippen LogP contribution in [0.3, 0.4) is 0 Å². The molecule has 0 N–H and O–H groups in total. The third-order valence-electron chi connectivity index (χ3n) is 3.18. The van der Waals surface area contributed by atoms with Crippen molar-refractivity contribution in [3.63, 3.8) is 0 Å². The van der Waals surface area contributed by atoms with Crippen LogP contribution in [0, 0.1) is 11.8 Å². The normalized spacial score (nSPS) is 31.6. The van der Waals surface area contributed by atoms with Gasteiger partial charge in [0.1, 0.15) is 0 Å². The highest BCUT2D eigenvalue weighted by Gasteiger charge is 2.45. The fourth-order valence-electron chi connectivity index (χ4n) is 2.11. The van der Waals surface area contributed by atoms with E-state index in [0.29, 0.717) is 6.42 Å². The van der Waals surface area contributed by atoms with E-state index in [1.165, 1.54) is 0 Å². The molecule has 0 saturated carbocycles. The van der Waals surface area contributed by atoms with Crippen molar-refractivity contribution in [1.29, 1.82) is 0 Å². The minimum absolute atomic E-state index is 0.0675. The second kappa shape index (κ2) is 3.91. The Kier molecular flexibility index (Phi) is 3.28. The Labute approximate surface area is 79.1 Å². The highest BCUT2D eigenvalue weighted by atomic mass is 19.3. The molecule has 1 saturated heterocycles. The molecule has 0 bridgehead atoms. The summed E-state index contributed by atoms with van der Waals surface area (Å²) in [4.78, 5) is 1.72. The van der Waals surface area contributed by atoms with Gasteiger partial charge in [-0.1, -0.05) is 20.3 Å². The molecule has 0 aliphatic carbocycles. The van der Waals surface area contributed by atoms with Gasteiger partial charge in [0, 0.05) is 5.92 Å². The standard InChI is InChI=1S/C10H19F2N/c1-4-8(2)9-5-6-13(3)7-10(9,11)12/h8-9H,4-7H2,1-3H3/t8-,9?/m1/s1. The second-order valence-corrected chi connectivity index (χ2v) is 4.28. The van der Waals surface area contributed by atoms with E-state index in [-0.39, 0.29) is 12.5 Å². The lowest BCUT2D eigenvalue weighted by Crippen LogP contribution is -2.48. The minimum atomic E-state index is -2.48. The Balaban J connectivity index is 2.64. The predicted octanol–water partition coefficient (Wildman–Crippen LogP) is 2.62. The van der Waals surface area contributed by atoms with E-state index in [2.05, 4.69) is 0 Å². The van der Waals surface area contributed by atoms with E-state index in [4.69, 9.17) is 0 Å². The van der Waals surface area contributed by atoms with Crippen LogP contribution < -0.4 is 0 Å². The first-order chi connectivity index (χ1) is 5.97. The van der Waals surface area contributed by atoms with Crippen molar-refractivity contribution in [2.75, 3.05) is 20.1 Å². The van der Waals surface area contributed by atoms with Gasteiger partial charge in [-0.15, -0.1) is 0 Å². The summed E-state index contributed by atoms with van der Waals surface area (Å²) in [5.74, 6) is -2.75. The quantitative estimate of drug-likeness (QED) is 0.648. The van der Waals surface area contributed by atoms with Crippen molar-refractivity contribution < 1.29 is 8.78 Å². The molecule has 0 aromatic rings. The number of rotatable bonds is 2. The predicted molar refractivity (Wildman–Crippen MR) is 50.0 cm³/mol. The second-order valence-electron chi connectivity index (χ2n) is 4.28. The largest absolute Gasteiger partial charge is 0.301 e. The lowest BCUT2D eigenvalue weighted by atomic mass is 9.81. The van der Waals surface area contributed by atoms with Crippen LogP contribution in [0.25, 0.3) is 0 Å². The van der Waals surface area contributed by atoms with Gasteiger partial charge in [0.05, 0.1) is 6.54 Å². The van der Waals surface area contributed by atoms with E-state index >= 15 is 0 Å². The van der Waals surface area contributed by atoms with Gasteiger partial charge < -0.3 is 4.90 Å². The molecule has 3 heteroatoms. The first-order valence-corrected chi connectivity index (χ1v) is 5.03. The minimum Gasteiger partial charge on any atom is -0.301 e. The van der Waals surface area contributed by atoms with Crippen molar-refractivity contribution in [3.05, 3.63) is 0 Å². The molecular weight excluding hydrogens is 172 g/mol. The van der Waals surface area contributed by atoms with Gasteiger partial charge in [0.25, 0.3) is 5.92 Å². The Morgan fingerprint density at radius 2 is 2.15 bits per heavy atom. The Hall–Kier alpha value is -0.180. The Bertz CT molecular complexity index is 170. The molecule has 78 valence electrons. The molecule has 0 aromatic heterocycles. The van der Waals surface area contributed by atoms with Gasteiger partial charge in [0.15, 0.2) is 0 Å². The van der Waals surface area contributed by atoms with Crippen molar-refractivity contribution >= 4 is 0 Å². The zero-order valence-corrected chi connectivity index (χ0v) is 8.69. The summed E-state index contributed by atoms with van der Waals surface area (Å²) in [7, 11) is 1.76. The number of halogens is 2. The van der Waals surface area contributed by atoms with Crippen molar-refractivity contribution in [3.8, 4) is 0 Å². The summed E-state index contributed by atoms with van der Waals surface area (Å²) < 4.78 is 27.0. The lowest BCUT2D eigenvalue weighted by Gasteiger charge is -2.39. The van der Waals surface area contributed by atoms with E-state index in [0.717, 1.165) is 13.0 Å². The van der Waals surface area contributed by atoms with E-state index in [1.807, 2.05) is 13.8 Å². The monoisotopic (exact) mass is 191 g/mol. The molecule has 13 heavy (non-hydrogen) atoms. The molecule has 0 amide bonds. The van der Waals surface area contributed by atoms with E-state index in [1.54, 1.807) is 11.9 Å². The van der Waals surface area contributed by atoms with Crippen LogP contribution in [0.1, 0.15) is 26.7 Å². The molecule has 0 aromatic carbocycles. The molecule has 2 atom stereocenters. The highest BCUT2D eigenvalue weighted by molar-refractivity contribution is 4.87. The molecule has 1 rings (SSSR count). The third kappa shape index (κ3) is 2.39. The van der Waals surface area contributed by atoms with Crippen molar-refractivity contribution in [2.45, 2.75) is 32.6 Å². The summed E-state index contributed by atoms with van der Waals surface area (Å²) in [6, 6.07) is 0. The Morgan fingerprint density at radius 3 is 2.62 bits per heavy atom. The molecule has 1 aliphatic rings. The summed E-state index contributed by atoms with van der Waals surface area (Å²) in [5.41, 5.74) is 0. The summed E-state index contributed by atoms with van der Waals surface area (Å²) in [6.07, 6.45) is 1.49. The molecule has 1 unspecified atom stereocenters. The molecule has 0 spiro atoms. The van der Waals surface area contributed by atoms with Crippen LogP contribution in [-0.4, -0.2) is 31.0 Å². The van der Waals surface area contributed by atoms with E-state index < -0.39 is 11.8 Å². The summed E-state index contributed by atoms with van der Waals surface area (Å²) in [6.45, 7) is 4.66. The van der Waals surface area contributed by atoms with Gasteiger partial charge in [-0.05, 0) is 25.9 Å². The Morgan fingerprint density at radius 1 is 1.54 bits per heavy atom. The van der Waals surface area contributed by atoms with Crippen LogP contribution in [0.2, 0.25) is 0 Å². The van der Waals surface area contributed by atoms with Gasteiger partial charge >= 0.3 is 0 Å². The maximum atomic E-state index is 13.5. The topological polar surface area (TPSA) is 3.24 Å². The highest BCUT2D eigenvalue weighted by Crippen LogP contribution is 2.38. The smallest absolute Gasteiger partial charge is 0.263 e. The van der Waals surface area contributed by atoms with Crippen LogP contribution in [0.15, 0.2) is 0 Å². The average molecular weight is 191 g/mol. The molecular formula is C10H19F2N. The van der Waals surface area contributed by atoms with E-state index in [9.17, 15) is 8.78 Å². The molecule has 0 radical (unpaired) electrons. The van der Waals surface area contributed by atoms with Crippen molar-refractivity contribution in [2.24, 2.45) is 11.8 Å². The van der Waals surface area contributed by atoms with Crippen LogP contribution in [0.5, 0.6) is 0 Å². The average Bonchev–Trinajstić information content (AvgIpc) is 2.01. The molecule has 1 heterocycles. The van der Waals surface area contributed by atoms with Gasteiger partial charge in [-0.3, -0.25) is 0 Å². The maximum absolute atomic E-state index is 13.5. The fraction of sp³-hybridized carbons (Fsp3) is 1.00. The molecule has 1 fully saturated rings. The summed E-state index contributed by atoms with van der Waals surface area (Å²) in [5, 5.41) is 0.